The monoisotopic (exact) mass is 134 g/mol. The van der Waals surface area contributed by atoms with Crippen LogP contribution in [-0.4, -0.2) is 33.5 Å². The van der Waals surface area contributed by atoms with Gasteiger partial charge < -0.3 is 20.2 Å². The standard InChI is InChI=1S/C3H4O2.BH3O3/c1-2-3(4)5;2-1(3)4/h2H,1H2,(H,4,5);2-4H. The van der Waals surface area contributed by atoms with Crippen molar-refractivity contribution in [2.24, 2.45) is 0 Å². The van der Waals surface area contributed by atoms with Crippen molar-refractivity contribution in [2.75, 3.05) is 0 Å². The van der Waals surface area contributed by atoms with Crippen molar-refractivity contribution >= 4 is 13.3 Å². The van der Waals surface area contributed by atoms with E-state index in [0.29, 0.717) is 0 Å². The molecule has 0 radical (unpaired) electrons. The second-order valence-corrected chi connectivity index (χ2v) is 0.889. The number of carbonyl (C=O) groups is 1. The van der Waals surface area contributed by atoms with E-state index in [9.17, 15) is 4.79 Å². The highest BCUT2D eigenvalue weighted by atomic mass is 16.5. The van der Waals surface area contributed by atoms with Crippen molar-refractivity contribution in [3.8, 4) is 0 Å². The summed E-state index contributed by atoms with van der Waals surface area (Å²) in [6, 6.07) is 0. The summed E-state index contributed by atoms with van der Waals surface area (Å²) >= 11 is 0. The summed E-state index contributed by atoms with van der Waals surface area (Å²) in [5.41, 5.74) is 0. The van der Waals surface area contributed by atoms with Crippen LogP contribution in [0.15, 0.2) is 12.7 Å². The summed E-state index contributed by atoms with van der Waals surface area (Å²) < 4.78 is 0. The average molecular weight is 134 g/mol. The molecular weight excluding hydrogens is 127 g/mol. The van der Waals surface area contributed by atoms with Gasteiger partial charge in [-0.3, -0.25) is 0 Å². The van der Waals surface area contributed by atoms with Gasteiger partial charge >= 0.3 is 13.3 Å². The number of carboxylic acid groups (broad SMARTS) is 1. The molecule has 0 bridgehead atoms. The maximum atomic E-state index is 9.25. The van der Waals surface area contributed by atoms with Gasteiger partial charge in [0.05, 0.1) is 0 Å². The molecule has 0 spiro atoms. The number of hydrogen-bond acceptors (Lipinski definition) is 4. The fourth-order valence-electron chi connectivity index (χ4n) is 0. The smallest absolute Gasteiger partial charge is 0.478 e. The molecule has 0 aliphatic heterocycles. The van der Waals surface area contributed by atoms with Crippen LogP contribution in [0.25, 0.3) is 0 Å². The molecule has 0 rings (SSSR count). The largest absolute Gasteiger partial charge is 0.631 e. The van der Waals surface area contributed by atoms with E-state index in [4.69, 9.17) is 20.2 Å². The normalized spacial score (nSPS) is 6.56. The maximum absolute atomic E-state index is 9.25. The number of aliphatic carboxylic acids is 1. The molecule has 0 atom stereocenters. The van der Waals surface area contributed by atoms with Gasteiger partial charge in [0.1, 0.15) is 0 Å². The fourth-order valence-corrected chi connectivity index (χ4v) is 0. The second-order valence-electron chi connectivity index (χ2n) is 0.889. The molecule has 0 aromatic heterocycles. The Hall–Kier alpha value is -0.845. The first-order valence-corrected chi connectivity index (χ1v) is 1.90. The van der Waals surface area contributed by atoms with Crippen LogP contribution in [0.1, 0.15) is 0 Å². The first kappa shape index (κ1) is 11.0. The van der Waals surface area contributed by atoms with Crippen LogP contribution in [0.3, 0.4) is 0 Å². The Balaban J connectivity index is 0. The Labute approximate surface area is 52.1 Å². The molecule has 0 heterocycles. The van der Waals surface area contributed by atoms with Gasteiger partial charge in [-0.25, -0.2) is 4.79 Å². The van der Waals surface area contributed by atoms with Gasteiger partial charge in [-0.1, -0.05) is 6.58 Å². The molecule has 9 heavy (non-hydrogen) atoms. The summed E-state index contributed by atoms with van der Waals surface area (Å²) in [6.45, 7) is 2.96. The van der Waals surface area contributed by atoms with Crippen LogP contribution in [0.4, 0.5) is 0 Å². The Morgan fingerprint density at radius 1 is 1.44 bits per heavy atom. The Morgan fingerprint density at radius 3 is 1.56 bits per heavy atom. The van der Waals surface area contributed by atoms with E-state index in [1.54, 1.807) is 0 Å². The van der Waals surface area contributed by atoms with Crippen LogP contribution in [0.5, 0.6) is 0 Å². The Bertz CT molecular complexity index is 87.4. The molecule has 6 heteroatoms. The van der Waals surface area contributed by atoms with E-state index >= 15 is 0 Å². The third kappa shape index (κ3) is 143. The van der Waals surface area contributed by atoms with E-state index in [1.807, 2.05) is 0 Å². The lowest BCUT2D eigenvalue weighted by atomic mass is 10.3. The van der Waals surface area contributed by atoms with Crippen LogP contribution in [-0.2, 0) is 4.79 Å². The average Bonchev–Trinajstić information content (AvgIpc) is 1.65. The minimum atomic E-state index is -2.17. The van der Waals surface area contributed by atoms with Gasteiger partial charge in [0.15, 0.2) is 0 Å². The quantitative estimate of drug-likeness (QED) is 0.250. The Morgan fingerprint density at radius 2 is 1.56 bits per heavy atom. The van der Waals surface area contributed by atoms with Crippen LogP contribution < -0.4 is 0 Å². The third-order valence-electron chi connectivity index (χ3n) is 0.175. The van der Waals surface area contributed by atoms with Crippen LogP contribution in [0.2, 0.25) is 0 Å². The lowest BCUT2D eigenvalue weighted by Crippen LogP contribution is -2.07. The van der Waals surface area contributed by atoms with Crippen molar-refractivity contribution < 1.29 is 25.0 Å². The van der Waals surface area contributed by atoms with Gasteiger partial charge in [0, 0.05) is 6.08 Å². The summed E-state index contributed by atoms with van der Waals surface area (Å²) in [5.74, 6) is -0.981. The predicted molar refractivity (Wildman–Crippen MR) is 30.2 cm³/mol. The molecule has 0 aliphatic rings. The molecule has 4 N–H and O–H groups in total. The highest BCUT2D eigenvalue weighted by Gasteiger charge is 1.92. The third-order valence-corrected chi connectivity index (χ3v) is 0.175. The van der Waals surface area contributed by atoms with E-state index < -0.39 is 13.3 Å². The van der Waals surface area contributed by atoms with Crippen LogP contribution >= 0.6 is 0 Å². The highest BCUT2D eigenvalue weighted by Crippen LogP contribution is 1.54. The number of carboxylic acids is 1. The number of rotatable bonds is 1. The minimum Gasteiger partial charge on any atom is -0.478 e. The first-order chi connectivity index (χ1) is 4.00. The number of hydrogen-bond donors (Lipinski definition) is 4. The molecule has 0 aliphatic carbocycles. The molecule has 52 valence electrons. The Kier molecular flexibility index (Phi) is 8.76. The summed E-state index contributed by atoms with van der Waals surface area (Å²) in [5, 5.41) is 29.1. The van der Waals surface area contributed by atoms with E-state index in [0.717, 1.165) is 6.08 Å². The zero-order chi connectivity index (χ0) is 7.86. The van der Waals surface area contributed by atoms with Crippen molar-refractivity contribution in [1.82, 2.24) is 0 Å². The van der Waals surface area contributed by atoms with Gasteiger partial charge in [-0.15, -0.1) is 0 Å². The lowest BCUT2D eigenvalue weighted by Gasteiger charge is -1.69. The molecule has 5 nitrogen and oxygen atoms in total. The van der Waals surface area contributed by atoms with Gasteiger partial charge in [-0.2, -0.15) is 0 Å². The van der Waals surface area contributed by atoms with E-state index in [-0.39, 0.29) is 0 Å². The van der Waals surface area contributed by atoms with Crippen molar-refractivity contribution in [3.63, 3.8) is 0 Å². The van der Waals surface area contributed by atoms with E-state index in [2.05, 4.69) is 6.58 Å². The van der Waals surface area contributed by atoms with Crippen molar-refractivity contribution in [1.29, 1.82) is 0 Å². The predicted octanol–water partition coefficient (Wildman–Crippen LogP) is -1.79. The highest BCUT2D eigenvalue weighted by molar-refractivity contribution is 6.30. The summed E-state index contributed by atoms with van der Waals surface area (Å²) in [7, 11) is -2.17. The van der Waals surface area contributed by atoms with Gasteiger partial charge in [-0.05, 0) is 0 Å². The molecule has 0 aromatic carbocycles. The molecule has 0 amide bonds. The molecule has 0 saturated heterocycles. The maximum Gasteiger partial charge on any atom is 0.631 e. The fraction of sp³-hybridized carbons (Fsp3) is 0. The SMILES string of the molecule is C=CC(=O)O.OB(O)O. The zero-order valence-electron chi connectivity index (χ0n) is 4.56. The minimum absolute atomic E-state index is 0.833. The van der Waals surface area contributed by atoms with Crippen molar-refractivity contribution in [2.45, 2.75) is 0 Å². The van der Waals surface area contributed by atoms with Crippen molar-refractivity contribution in [3.05, 3.63) is 12.7 Å². The van der Waals surface area contributed by atoms with Gasteiger partial charge in [0.25, 0.3) is 0 Å². The second kappa shape index (κ2) is 7.15. The molecule has 0 saturated carbocycles. The topological polar surface area (TPSA) is 98.0 Å². The lowest BCUT2D eigenvalue weighted by molar-refractivity contribution is -0.131. The first-order valence-electron chi connectivity index (χ1n) is 1.90. The molecular formula is C3H7BO5. The van der Waals surface area contributed by atoms with E-state index in [1.165, 1.54) is 0 Å². The van der Waals surface area contributed by atoms with Crippen LogP contribution in [0, 0.1) is 0 Å². The molecule has 0 unspecified atom stereocenters. The molecule has 0 fully saturated rings. The zero-order valence-corrected chi connectivity index (χ0v) is 4.56. The summed E-state index contributed by atoms with van der Waals surface area (Å²) in [6.07, 6.45) is 0.833. The summed E-state index contributed by atoms with van der Waals surface area (Å²) in [4.78, 5) is 9.25. The van der Waals surface area contributed by atoms with Gasteiger partial charge in [0.2, 0.25) is 0 Å². The molecule has 0 aromatic rings.